The van der Waals surface area contributed by atoms with Crippen LogP contribution in [0.15, 0.2) is 48.5 Å². The number of hydrogen-bond acceptors (Lipinski definition) is 7. The zero-order valence-corrected chi connectivity index (χ0v) is 19.7. The molecule has 1 N–H and O–H groups in total. The summed E-state index contributed by atoms with van der Waals surface area (Å²) in [6.45, 7) is 8.05. The van der Waals surface area contributed by atoms with Crippen LogP contribution in [0, 0.1) is 0 Å². The third-order valence-electron chi connectivity index (χ3n) is 5.87. The lowest BCUT2D eigenvalue weighted by atomic mass is 10.1. The maximum atomic E-state index is 11.1. The van der Waals surface area contributed by atoms with Crippen molar-refractivity contribution in [3.05, 3.63) is 59.1 Å². The maximum Gasteiger partial charge on any atom is 0.134 e. The minimum absolute atomic E-state index is 0.154. The fraction of sp³-hybridized carbons (Fsp3) is 0.520. The second-order valence-electron chi connectivity index (χ2n) is 8.68. The number of aliphatic hydroxyl groups is 1. The number of hydrogen-bond donors (Lipinski definition) is 1. The van der Waals surface area contributed by atoms with Crippen molar-refractivity contribution in [1.82, 2.24) is 9.80 Å². The van der Waals surface area contributed by atoms with Crippen LogP contribution in [0.25, 0.3) is 0 Å². The van der Waals surface area contributed by atoms with Gasteiger partial charge in [-0.2, -0.15) is 0 Å². The first kappa shape index (κ1) is 24.3. The number of morpholine rings is 1. The van der Waals surface area contributed by atoms with E-state index in [1.54, 1.807) is 24.3 Å². The molecule has 8 heteroatoms. The van der Waals surface area contributed by atoms with Crippen molar-refractivity contribution < 1.29 is 24.1 Å². The van der Waals surface area contributed by atoms with Gasteiger partial charge < -0.3 is 24.1 Å². The molecule has 7 nitrogen and oxygen atoms in total. The van der Waals surface area contributed by atoms with Crippen LogP contribution in [0.3, 0.4) is 0 Å². The molecule has 180 valence electrons. The molecule has 2 aliphatic heterocycles. The Kier molecular flexibility index (Phi) is 8.83. The largest absolute Gasteiger partial charge is 0.492 e. The van der Waals surface area contributed by atoms with Gasteiger partial charge in [0.25, 0.3) is 0 Å². The van der Waals surface area contributed by atoms with Crippen molar-refractivity contribution in [3.8, 4) is 11.5 Å². The van der Waals surface area contributed by atoms with E-state index >= 15 is 0 Å². The molecule has 0 bridgehead atoms. The Balaban J connectivity index is 1.25. The SMILES string of the molecule is O[C@]1(COc2ccc(Cl)cc2)COCCN(Cc2ccc(OCCN3CCOCC3)cc2)C1. The first-order valence-corrected chi connectivity index (χ1v) is 11.9. The predicted octanol–water partition coefficient (Wildman–Crippen LogP) is 2.69. The summed E-state index contributed by atoms with van der Waals surface area (Å²) < 4.78 is 22.8. The Morgan fingerprint density at radius 1 is 0.848 bits per heavy atom. The molecule has 0 aliphatic carbocycles. The highest BCUT2D eigenvalue weighted by Crippen LogP contribution is 2.21. The van der Waals surface area contributed by atoms with E-state index < -0.39 is 5.60 Å². The van der Waals surface area contributed by atoms with Crippen LogP contribution in [-0.2, 0) is 16.0 Å². The lowest BCUT2D eigenvalue weighted by Gasteiger charge is -2.30. The molecular formula is C25H33ClN2O5. The predicted molar refractivity (Wildman–Crippen MR) is 127 cm³/mol. The number of nitrogens with zero attached hydrogens (tertiary/aromatic N) is 2. The van der Waals surface area contributed by atoms with E-state index in [9.17, 15) is 5.11 Å². The van der Waals surface area contributed by atoms with E-state index in [1.807, 2.05) is 12.1 Å². The normalized spacial score (nSPS) is 22.6. The van der Waals surface area contributed by atoms with Crippen LogP contribution in [0.5, 0.6) is 11.5 Å². The first-order valence-electron chi connectivity index (χ1n) is 11.5. The second-order valence-corrected chi connectivity index (χ2v) is 9.11. The van der Waals surface area contributed by atoms with Gasteiger partial charge >= 0.3 is 0 Å². The molecule has 2 fully saturated rings. The molecule has 0 spiro atoms. The lowest BCUT2D eigenvalue weighted by molar-refractivity contribution is -0.0646. The lowest BCUT2D eigenvalue weighted by Crippen LogP contribution is -2.48. The van der Waals surface area contributed by atoms with Gasteiger partial charge in [-0.3, -0.25) is 9.80 Å². The van der Waals surface area contributed by atoms with Crippen LogP contribution in [-0.4, -0.2) is 92.9 Å². The summed E-state index contributed by atoms with van der Waals surface area (Å²) in [7, 11) is 0. The molecule has 33 heavy (non-hydrogen) atoms. The van der Waals surface area contributed by atoms with E-state index in [-0.39, 0.29) is 13.2 Å². The summed E-state index contributed by atoms with van der Waals surface area (Å²) >= 11 is 5.93. The van der Waals surface area contributed by atoms with Gasteiger partial charge in [-0.05, 0) is 42.0 Å². The number of rotatable bonds is 9. The number of benzene rings is 2. The number of β-amino-alcohol motifs (C(OH)–C–C–N with tert-alkyl or cyclic N) is 1. The fourth-order valence-corrected chi connectivity index (χ4v) is 4.16. The van der Waals surface area contributed by atoms with Gasteiger partial charge in [0.1, 0.15) is 30.3 Å². The zero-order valence-electron chi connectivity index (χ0n) is 19.0. The third-order valence-corrected chi connectivity index (χ3v) is 6.12. The van der Waals surface area contributed by atoms with Gasteiger partial charge in [0.05, 0.1) is 26.4 Å². The summed E-state index contributed by atoms with van der Waals surface area (Å²) in [5.41, 5.74) is 0.0805. The summed E-state index contributed by atoms with van der Waals surface area (Å²) in [5, 5.41) is 11.8. The number of halogens is 1. The van der Waals surface area contributed by atoms with E-state index in [1.165, 1.54) is 5.56 Å². The molecule has 1 atom stereocenters. The van der Waals surface area contributed by atoms with Gasteiger partial charge in [-0.1, -0.05) is 23.7 Å². The molecule has 2 aliphatic rings. The Bertz CT molecular complexity index is 845. The van der Waals surface area contributed by atoms with Gasteiger partial charge in [-0.15, -0.1) is 0 Å². The van der Waals surface area contributed by atoms with Crippen LogP contribution in [0.2, 0.25) is 5.02 Å². The average molecular weight is 477 g/mol. The monoisotopic (exact) mass is 476 g/mol. The smallest absolute Gasteiger partial charge is 0.134 e. The highest BCUT2D eigenvalue weighted by atomic mass is 35.5. The summed E-state index contributed by atoms with van der Waals surface area (Å²) in [5.74, 6) is 1.55. The first-order chi connectivity index (χ1) is 16.1. The van der Waals surface area contributed by atoms with Crippen LogP contribution < -0.4 is 9.47 Å². The van der Waals surface area contributed by atoms with Crippen LogP contribution in [0.4, 0.5) is 0 Å². The topological polar surface area (TPSA) is 63.6 Å². The van der Waals surface area contributed by atoms with Gasteiger partial charge in [-0.25, -0.2) is 0 Å². The van der Waals surface area contributed by atoms with Gasteiger partial charge in [0, 0.05) is 44.3 Å². The van der Waals surface area contributed by atoms with Gasteiger partial charge in [0.15, 0.2) is 0 Å². The Morgan fingerprint density at radius 2 is 1.48 bits per heavy atom. The quantitative estimate of drug-likeness (QED) is 0.597. The Hall–Kier alpha value is -1.87. The molecule has 2 saturated heterocycles. The maximum absolute atomic E-state index is 11.1. The molecule has 0 aromatic heterocycles. The third kappa shape index (κ3) is 7.84. The van der Waals surface area contributed by atoms with Crippen molar-refractivity contribution >= 4 is 11.6 Å². The Labute approximate surface area is 200 Å². The summed E-state index contributed by atoms with van der Waals surface area (Å²) in [6.07, 6.45) is 0. The molecule has 0 saturated carbocycles. The van der Waals surface area contributed by atoms with Crippen LogP contribution >= 0.6 is 11.6 Å². The average Bonchev–Trinajstić information content (AvgIpc) is 3.02. The van der Waals surface area contributed by atoms with Crippen molar-refractivity contribution in [2.24, 2.45) is 0 Å². The molecule has 2 aromatic carbocycles. The molecule has 0 unspecified atom stereocenters. The van der Waals surface area contributed by atoms with Crippen LogP contribution in [0.1, 0.15) is 5.56 Å². The Morgan fingerprint density at radius 3 is 2.24 bits per heavy atom. The highest BCUT2D eigenvalue weighted by molar-refractivity contribution is 6.30. The summed E-state index contributed by atoms with van der Waals surface area (Å²) in [4.78, 5) is 4.56. The number of ether oxygens (including phenoxy) is 4. The van der Waals surface area contributed by atoms with Crippen molar-refractivity contribution in [3.63, 3.8) is 0 Å². The van der Waals surface area contributed by atoms with E-state index in [2.05, 4.69) is 21.9 Å². The molecule has 0 radical (unpaired) electrons. The van der Waals surface area contributed by atoms with E-state index in [0.717, 1.165) is 51.7 Å². The summed E-state index contributed by atoms with van der Waals surface area (Å²) in [6, 6.07) is 15.3. The molecular weight excluding hydrogens is 444 g/mol. The minimum atomic E-state index is -1.08. The minimum Gasteiger partial charge on any atom is -0.492 e. The van der Waals surface area contributed by atoms with Crippen molar-refractivity contribution in [1.29, 1.82) is 0 Å². The second kappa shape index (κ2) is 12.0. The van der Waals surface area contributed by atoms with Gasteiger partial charge in [0.2, 0.25) is 0 Å². The molecule has 0 amide bonds. The fourth-order valence-electron chi connectivity index (χ4n) is 4.03. The van der Waals surface area contributed by atoms with E-state index in [4.69, 9.17) is 30.5 Å². The molecule has 2 aromatic rings. The van der Waals surface area contributed by atoms with Crippen molar-refractivity contribution in [2.75, 3.05) is 72.4 Å². The highest BCUT2D eigenvalue weighted by Gasteiger charge is 2.33. The molecule has 2 heterocycles. The van der Waals surface area contributed by atoms with Crippen molar-refractivity contribution in [2.45, 2.75) is 12.1 Å². The zero-order chi connectivity index (χ0) is 22.9. The van der Waals surface area contributed by atoms with E-state index in [0.29, 0.717) is 30.5 Å². The standard InChI is InChI=1S/C25H33ClN2O5/c26-22-3-7-24(8-4-22)33-20-25(29)18-28(11-15-31-19-25)17-21-1-5-23(6-2-21)32-16-12-27-9-13-30-14-10-27/h1-8,29H,9-20H2/t25-/m0/s1. The molecule has 4 rings (SSSR count).